The summed E-state index contributed by atoms with van der Waals surface area (Å²) in [7, 11) is 0.00632. The Morgan fingerprint density at radius 3 is 1.85 bits per heavy atom. The Labute approximate surface area is 82.1 Å². The van der Waals surface area contributed by atoms with E-state index < -0.39 is 0 Å². The van der Waals surface area contributed by atoms with Crippen LogP contribution in [0, 0.1) is 11.3 Å². The van der Waals surface area contributed by atoms with E-state index in [1.54, 1.807) is 0 Å². The minimum atomic E-state index is 0.00632. The Morgan fingerprint density at radius 2 is 1.54 bits per heavy atom. The van der Waals surface area contributed by atoms with E-state index in [-0.39, 0.29) is 12.5 Å². The summed E-state index contributed by atoms with van der Waals surface area (Å²) in [6.45, 7) is 12.6. The summed E-state index contributed by atoms with van der Waals surface area (Å²) in [6, 6.07) is 0. The van der Waals surface area contributed by atoms with E-state index in [1.807, 2.05) is 0 Å². The van der Waals surface area contributed by atoms with Crippen LogP contribution in [0.15, 0.2) is 0 Å². The molecule has 2 nitrogen and oxygen atoms in total. The Hall–Kier alpha value is -0.0151. The highest BCUT2D eigenvalue weighted by Crippen LogP contribution is 2.32. The van der Waals surface area contributed by atoms with E-state index in [2.05, 4.69) is 34.6 Å². The molecule has 0 aromatic carbocycles. The molecule has 1 heterocycles. The van der Waals surface area contributed by atoms with Crippen molar-refractivity contribution < 1.29 is 9.31 Å². The summed E-state index contributed by atoms with van der Waals surface area (Å²) >= 11 is 0. The third kappa shape index (κ3) is 2.47. The van der Waals surface area contributed by atoms with Crippen LogP contribution < -0.4 is 0 Å². The summed E-state index contributed by atoms with van der Waals surface area (Å²) in [4.78, 5) is 0. The average molecular weight is 184 g/mol. The molecule has 3 heteroatoms. The van der Waals surface area contributed by atoms with Crippen LogP contribution in [0.3, 0.4) is 0 Å². The molecular weight excluding hydrogens is 163 g/mol. The minimum Gasteiger partial charge on any atom is -0.410 e. The molecule has 0 spiro atoms. The predicted octanol–water partition coefficient (Wildman–Crippen LogP) is 2.59. The fourth-order valence-electron chi connectivity index (χ4n) is 1.35. The Kier molecular flexibility index (Phi) is 3.41. The lowest BCUT2D eigenvalue weighted by atomic mass is 9.70. The molecule has 0 amide bonds. The zero-order valence-electron chi connectivity index (χ0n) is 9.46. The Bertz CT molecular complexity index is 160. The smallest absolute Gasteiger partial charge is 0.410 e. The second-order valence-corrected chi connectivity index (χ2v) is 5.04. The molecule has 0 saturated carbocycles. The molecule has 0 aromatic heterocycles. The quantitative estimate of drug-likeness (QED) is 0.614. The van der Waals surface area contributed by atoms with Crippen LogP contribution >= 0.6 is 0 Å². The number of rotatable bonds is 2. The lowest BCUT2D eigenvalue weighted by Gasteiger charge is -2.40. The van der Waals surface area contributed by atoms with Gasteiger partial charge in [0.25, 0.3) is 0 Å². The Balaban J connectivity index is 2.47. The predicted molar refractivity (Wildman–Crippen MR) is 55.7 cm³/mol. The van der Waals surface area contributed by atoms with E-state index in [9.17, 15) is 0 Å². The van der Waals surface area contributed by atoms with E-state index >= 15 is 0 Å². The highest BCUT2D eigenvalue weighted by atomic mass is 16.6. The molecule has 0 aliphatic carbocycles. The molecule has 1 aliphatic heterocycles. The number of hydrogen-bond acceptors (Lipinski definition) is 2. The van der Waals surface area contributed by atoms with Crippen molar-refractivity contribution in [2.75, 3.05) is 13.2 Å². The molecule has 76 valence electrons. The van der Waals surface area contributed by atoms with E-state index in [0.717, 1.165) is 13.2 Å². The summed E-state index contributed by atoms with van der Waals surface area (Å²) in [5, 5.41) is 0. The zero-order valence-corrected chi connectivity index (χ0v) is 9.46. The molecular formula is C10H21BO2. The zero-order chi connectivity index (χ0) is 10.1. The molecule has 1 rings (SSSR count). The first-order valence-electron chi connectivity index (χ1n) is 5.19. The van der Waals surface area contributed by atoms with Gasteiger partial charge in [-0.3, -0.25) is 0 Å². The van der Waals surface area contributed by atoms with Gasteiger partial charge in [0.1, 0.15) is 0 Å². The molecule has 0 unspecified atom stereocenters. The molecule has 0 bridgehead atoms. The second kappa shape index (κ2) is 4.01. The molecule has 0 radical (unpaired) electrons. The van der Waals surface area contributed by atoms with Crippen LogP contribution in [0.4, 0.5) is 0 Å². The van der Waals surface area contributed by atoms with Crippen molar-refractivity contribution in [2.24, 2.45) is 11.3 Å². The normalized spacial score (nSPS) is 22.8. The van der Waals surface area contributed by atoms with Crippen LogP contribution in [-0.4, -0.2) is 20.3 Å². The highest BCUT2D eigenvalue weighted by Gasteiger charge is 2.38. The standard InChI is InChI=1S/C10H21BO2/c1-8(2)10(5)6-12-11(9(3)4)13-7-10/h8-9H,6-7H2,1-5H3. The fraction of sp³-hybridized carbons (Fsp3) is 1.00. The minimum absolute atomic E-state index is 0.00632. The van der Waals surface area contributed by atoms with Crippen molar-refractivity contribution in [1.29, 1.82) is 0 Å². The summed E-state index contributed by atoms with van der Waals surface area (Å²) < 4.78 is 11.4. The van der Waals surface area contributed by atoms with Crippen LogP contribution in [0.1, 0.15) is 34.6 Å². The third-order valence-corrected chi connectivity index (χ3v) is 3.09. The second-order valence-electron chi connectivity index (χ2n) is 5.04. The highest BCUT2D eigenvalue weighted by molar-refractivity contribution is 6.46. The van der Waals surface area contributed by atoms with Gasteiger partial charge in [0.2, 0.25) is 0 Å². The van der Waals surface area contributed by atoms with Crippen LogP contribution in [0.2, 0.25) is 5.82 Å². The van der Waals surface area contributed by atoms with Crippen molar-refractivity contribution in [3.63, 3.8) is 0 Å². The van der Waals surface area contributed by atoms with Gasteiger partial charge in [0.05, 0.1) is 0 Å². The first-order valence-corrected chi connectivity index (χ1v) is 5.19. The molecule has 1 saturated heterocycles. The molecule has 0 N–H and O–H groups in total. The van der Waals surface area contributed by atoms with Gasteiger partial charge < -0.3 is 9.31 Å². The largest absolute Gasteiger partial charge is 0.459 e. The van der Waals surface area contributed by atoms with Crippen molar-refractivity contribution in [3.05, 3.63) is 0 Å². The van der Waals surface area contributed by atoms with Gasteiger partial charge in [0, 0.05) is 18.6 Å². The SMILES string of the molecule is CC(C)B1OCC(C)(C(C)C)CO1. The van der Waals surface area contributed by atoms with Gasteiger partial charge in [-0.05, 0) is 11.7 Å². The van der Waals surface area contributed by atoms with Crippen molar-refractivity contribution >= 4 is 7.12 Å². The van der Waals surface area contributed by atoms with E-state index in [4.69, 9.17) is 9.31 Å². The van der Waals surface area contributed by atoms with Gasteiger partial charge in [-0.2, -0.15) is 0 Å². The van der Waals surface area contributed by atoms with Crippen LogP contribution in [0.25, 0.3) is 0 Å². The summed E-state index contributed by atoms with van der Waals surface area (Å²) in [6.07, 6.45) is 0. The Morgan fingerprint density at radius 1 is 1.08 bits per heavy atom. The third-order valence-electron chi connectivity index (χ3n) is 3.09. The van der Waals surface area contributed by atoms with Gasteiger partial charge in [-0.1, -0.05) is 34.6 Å². The van der Waals surface area contributed by atoms with Gasteiger partial charge in [0.15, 0.2) is 0 Å². The van der Waals surface area contributed by atoms with Crippen molar-refractivity contribution in [2.45, 2.75) is 40.4 Å². The first-order chi connectivity index (χ1) is 5.96. The number of hydrogen-bond donors (Lipinski definition) is 0. The van der Waals surface area contributed by atoms with E-state index in [1.165, 1.54) is 0 Å². The van der Waals surface area contributed by atoms with E-state index in [0.29, 0.717) is 11.7 Å². The van der Waals surface area contributed by atoms with Gasteiger partial charge in [-0.25, -0.2) is 0 Å². The van der Waals surface area contributed by atoms with Crippen molar-refractivity contribution in [3.8, 4) is 0 Å². The fourth-order valence-corrected chi connectivity index (χ4v) is 1.35. The maximum atomic E-state index is 5.69. The topological polar surface area (TPSA) is 18.5 Å². The van der Waals surface area contributed by atoms with Crippen LogP contribution in [-0.2, 0) is 9.31 Å². The molecule has 1 aliphatic rings. The average Bonchev–Trinajstić information content (AvgIpc) is 2.04. The van der Waals surface area contributed by atoms with Gasteiger partial charge >= 0.3 is 7.12 Å². The molecule has 0 atom stereocenters. The summed E-state index contributed by atoms with van der Waals surface area (Å²) in [5.41, 5.74) is 0.200. The molecule has 0 aromatic rings. The molecule has 1 fully saturated rings. The lowest BCUT2D eigenvalue weighted by molar-refractivity contribution is -0.0152. The maximum absolute atomic E-state index is 5.69. The first kappa shape index (κ1) is 11.1. The monoisotopic (exact) mass is 184 g/mol. The lowest BCUT2D eigenvalue weighted by Crippen LogP contribution is -2.46. The van der Waals surface area contributed by atoms with Crippen LogP contribution in [0.5, 0.6) is 0 Å². The molecule has 13 heavy (non-hydrogen) atoms. The maximum Gasteiger partial charge on any atom is 0.459 e. The van der Waals surface area contributed by atoms with Crippen molar-refractivity contribution in [1.82, 2.24) is 0 Å². The summed E-state index contributed by atoms with van der Waals surface area (Å²) in [5.74, 6) is 1.07. The van der Waals surface area contributed by atoms with Gasteiger partial charge in [-0.15, -0.1) is 0 Å².